The lowest BCUT2D eigenvalue weighted by molar-refractivity contribution is 0.0265. The standard InChI is InChI=1S/C15H22ClNO3S/c1-3-20-14-7-5-9-17(11-14)21(18,19)15-8-4-6-13(10-16)12(15)2/h4,6,8,14H,3,5,7,9-11H2,1-2H3. The van der Waals surface area contributed by atoms with Crippen LogP contribution in [0.3, 0.4) is 0 Å². The second-order valence-electron chi connectivity index (χ2n) is 5.26. The summed E-state index contributed by atoms with van der Waals surface area (Å²) < 4.78 is 32.8. The number of piperidine rings is 1. The molecule has 1 atom stereocenters. The molecule has 2 rings (SSSR count). The Hall–Kier alpha value is -0.620. The van der Waals surface area contributed by atoms with E-state index in [-0.39, 0.29) is 6.10 Å². The van der Waals surface area contributed by atoms with Crippen LogP contribution in [-0.4, -0.2) is 38.5 Å². The highest BCUT2D eigenvalue weighted by molar-refractivity contribution is 7.89. The fraction of sp³-hybridized carbons (Fsp3) is 0.600. The van der Waals surface area contributed by atoms with Crippen molar-refractivity contribution in [2.45, 2.75) is 43.6 Å². The monoisotopic (exact) mass is 331 g/mol. The van der Waals surface area contributed by atoms with Crippen LogP contribution in [0.5, 0.6) is 0 Å². The summed E-state index contributed by atoms with van der Waals surface area (Å²) >= 11 is 5.88. The van der Waals surface area contributed by atoms with Gasteiger partial charge in [-0.1, -0.05) is 12.1 Å². The van der Waals surface area contributed by atoms with E-state index in [4.69, 9.17) is 16.3 Å². The molecule has 21 heavy (non-hydrogen) atoms. The molecule has 0 N–H and O–H groups in total. The zero-order valence-electron chi connectivity index (χ0n) is 12.5. The molecule has 0 spiro atoms. The Morgan fingerprint density at radius 3 is 2.86 bits per heavy atom. The van der Waals surface area contributed by atoms with Crippen LogP contribution in [0.4, 0.5) is 0 Å². The molecule has 1 unspecified atom stereocenters. The summed E-state index contributed by atoms with van der Waals surface area (Å²) in [5.74, 6) is 0.316. The normalized spacial score (nSPS) is 20.6. The van der Waals surface area contributed by atoms with Crippen LogP contribution in [0.15, 0.2) is 23.1 Å². The fourth-order valence-corrected chi connectivity index (χ4v) is 4.79. The number of benzene rings is 1. The Balaban J connectivity index is 2.29. The minimum Gasteiger partial charge on any atom is -0.377 e. The highest BCUT2D eigenvalue weighted by Crippen LogP contribution is 2.26. The van der Waals surface area contributed by atoms with Gasteiger partial charge in [-0.15, -0.1) is 11.6 Å². The third kappa shape index (κ3) is 3.59. The highest BCUT2D eigenvalue weighted by Gasteiger charge is 2.31. The highest BCUT2D eigenvalue weighted by atomic mass is 35.5. The van der Waals surface area contributed by atoms with E-state index in [9.17, 15) is 8.42 Å². The minimum atomic E-state index is -3.48. The zero-order valence-corrected chi connectivity index (χ0v) is 14.1. The molecule has 0 radical (unpaired) electrons. The number of rotatable bonds is 5. The summed E-state index contributed by atoms with van der Waals surface area (Å²) in [6, 6.07) is 5.27. The first-order chi connectivity index (χ1) is 10.0. The lowest BCUT2D eigenvalue weighted by Gasteiger charge is -2.32. The lowest BCUT2D eigenvalue weighted by atomic mass is 10.1. The molecular weight excluding hydrogens is 310 g/mol. The van der Waals surface area contributed by atoms with Crippen molar-refractivity contribution < 1.29 is 13.2 Å². The van der Waals surface area contributed by atoms with E-state index in [2.05, 4.69) is 0 Å². The minimum absolute atomic E-state index is 0.00459. The van der Waals surface area contributed by atoms with Gasteiger partial charge in [0.2, 0.25) is 10.0 Å². The predicted octanol–water partition coefficient (Wildman–Crippen LogP) is 2.92. The van der Waals surface area contributed by atoms with Gasteiger partial charge in [0.05, 0.1) is 11.0 Å². The summed E-state index contributed by atoms with van der Waals surface area (Å²) in [5.41, 5.74) is 1.60. The SMILES string of the molecule is CCOC1CCCN(S(=O)(=O)c2cccc(CCl)c2C)C1. The van der Waals surface area contributed by atoms with Crippen molar-refractivity contribution in [3.05, 3.63) is 29.3 Å². The van der Waals surface area contributed by atoms with Gasteiger partial charge in [-0.2, -0.15) is 4.31 Å². The first-order valence-electron chi connectivity index (χ1n) is 7.27. The summed E-state index contributed by atoms with van der Waals surface area (Å²) in [4.78, 5) is 0.359. The van der Waals surface area contributed by atoms with Crippen LogP contribution in [0, 0.1) is 6.92 Å². The number of nitrogens with zero attached hydrogens (tertiary/aromatic N) is 1. The van der Waals surface area contributed by atoms with Gasteiger partial charge in [-0.05, 0) is 43.9 Å². The van der Waals surface area contributed by atoms with E-state index in [1.807, 2.05) is 19.9 Å². The van der Waals surface area contributed by atoms with Crippen LogP contribution < -0.4 is 0 Å². The van der Waals surface area contributed by atoms with E-state index < -0.39 is 10.0 Å². The second-order valence-corrected chi connectivity index (χ2v) is 7.43. The molecule has 1 aromatic carbocycles. The molecule has 0 bridgehead atoms. The maximum absolute atomic E-state index is 12.9. The van der Waals surface area contributed by atoms with Gasteiger partial charge in [0.25, 0.3) is 0 Å². The number of hydrogen-bond donors (Lipinski definition) is 0. The summed E-state index contributed by atoms with van der Waals surface area (Å²) in [6.07, 6.45) is 1.74. The van der Waals surface area contributed by atoms with Gasteiger partial charge >= 0.3 is 0 Å². The molecule has 1 aliphatic rings. The van der Waals surface area contributed by atoms with E-state index >= 15 is 0 Å². The molecule has 1 fully saturated rings. The number of alkyl halides is 1. The molecular formula is C15H22ClNO3S. The summed E-state index contributed by atoms with van der Waals surface area (Å²) in [5, 5.41) is 0. The van der Waals surface area contributed by atoms with E-state index in [1.54, 1.807) is 12.1 Å². The number of hydrogen-bond acceptors (Lipinski definition) is 3. The predicted molar refractivity (Wildman–Crippen MR) is 84.1 cm³/mol. The van der Waals surface area contributed by atoms with Gasteiger partial charge in [0, 0.05) is 25.6 Å². The van der Waals surface area contributed by atoms with Gasteiger partial charge in [0.1, 0.15) is 0 Å². The largest absolute Gasteiger partial charge is 0.377 e. The van der Waals surface area contributed by atoms with Crippen molar-refractivity contribution in [2.75, 3.05) is 19.7 Å². The number of ether oxygens (including phenoxy) is 1. The molecule has 6 heteroatoms. The quantitative estimate of drug-likeness (QED) is 0.779. The molecule has 0 amide bonds. The first kappa shape index (κ1) is 16.7. The first-order valence-corrected chi connectivity index (χ1v) is 9.24. The smallest absolute Gasteiger partial charge is 0.243 e. The average molecular weight is 332 g/mol. The number of sulfonamides is 1. The molecule has 1 heterocycles. The van der Waals surface area contributed by atoms with E-state index in [0.717, 1.165) is 24.0 Å². The Labute approximate surface area is 132 Å². The Morgan fingerprint density at radius 2 is 2.19 bits per heavy atom. The van der Waals surface area contributed by atoms with Crippen molar-refractivity contribution in [1.29, 1.82) is 0 Å². The summed E-state index contributed by atoms with van der Waals surface area (Å²) in [7, 11) is -3.48. The van der Waals surface area contributed by atoms with E-state index in [1.165, 1.54) is 4.31 Å². The Morgan fingerprint density at radius 1 is 1.43 bits per heavy atom. The van der Waals surface area contributed by atoms with Gasteiger partial charge < -0.3 is 4.74 Å². The molecule has 0 aliphatic carbocycles. The second kappa shape index (κ2) is 7.09. The molecule has 0 saturated carbocycles. The molecule has 1 aliphatic heterocycles. The van der Waals surface area contributed by atoms with Crippen molar-refractivity contribution in [2.24, 2.45) is 0 Å². The van der Waals surface area contributed by atoms with Gasteiger partial charge in [-0.25, -0.2) is 8.42 Å². The maximum Gasteiger partial charge on any atom is 0.243 e. The van der Waals surface area contributed by atoms with Crippen molar-refractivity contribution in [3.63, 3.8) is 0 Å². The third-order valence-corrected chi connectivity index (χ3v) is 6.20. The Kier molecular flexibility index (Phi) is 5.66. The van der Waals surface area contributed by atoms with Crippen LogP contribution >= 0.6 is 11.6 Å². The zero-order chi connectivity index (χ0) is 15.5. The van der Waals surface area contributed by atoms with Crippen molar-refractivity contribution in [3.8, 4) is 0 Å². The molecule has 118 valence electrons. The summed E-state index contributed by atoms with van der Waals surface area (Å²) in [6.45, 7) is 5.34. The maximum atomic E-state index is 12.9. The van der Waals surface area contributed by atoms with E-state index in [0.29, 0.717) is 30.5 Å². The molecule has 4 nitrogen and oxygen atoms in total. The van der Waals surface area contributed by atoms with Gasteiger partial charge in [-0.3, -0.25) is 0 Å². The number of halogens is 1. The average Bonchev–Trinajstić information content (AvgIpc) is 2.48. The van der Waals surface area contributed by atoms with Crippen LogP contribution in [0.25, 0.3) is 0 Å². The molecule has 1 saturated heterocycles. The van der Waals surface area contributed by atoms with Gasteiger partial charge in [0.15, 0.2) is 0 Å². The van der Waals surface area contributed by atoms with Crippen LogP contribution in [0.2, 0.25) is 0 Å². The van der Waals surface area contributed by atoms with Crippen LogP contribution in [0.1, 0.15) is 30.9 Å². The Bertz CT molecular complexity index is 587. The lowest BCUT2D eigenvalue weighted by Crippen LogP contribution is -2.43. The topological polar surface area (TPSA) is 46.6 Å². The molecule has 0 aromatic heterocycles. The third-order valence-electron chi connectivity index (χ3n) is 3.90. The van der Waals surface area contributed by atoms with Crippen molar-refractivity contribution >= 4 is 21.6 Å². The molecule has 1 aromatic rings. The fourth-order valence-electron chi connectivity index (χ4n) is 2.72. The van der Waals surface area contributed by atoms with Crippen LogP contribution in [-0.2, 0) is 20.6 Å². The van der Waals surface area contributed by atoms with Crippen molar-refractivity contribution in [1.82, 2.24) is 4.31 Å².